The van der Waals surface area contributed by atoms with E-state index in [-0.39, 0.29) is 11.7 Å². The van der Waals surface area contributed by atoms with Crippen molar-refractivity contribution in [2.24, 2.45) is 5.10 Å². The van der Waals surface area contributed by atoms with E-state index in [1.165, 1.54) is 11.8 Å². The number of hydrogen-bond donors (Lipinski definition) is 1. The zero-order valence-electron chi connectivity index (χ0n) is 18.1. The fourth-order valence-corrected chi connectivity index (χ4v) is 4.21. The molecule has 2 heterocycles. The van der Waals surface area contributed by atoms with Gasteiger partial charge >= 0.3 is 0 Å². The van der Waals surface area contributed by atoms with Gasteiger partial charge in [0.05, 0.1) is 11.5 Å². The van der Waals surface area contributed by atoms with Gasteiger partial charge in [-0.2, -0.15) is 5.10 Å². The maximum Gasteiger partial charge on any atom is 0.250 e. The first-order valence-corrected chi connectivity index (χ1v) is 11.9. The van der Waals surface area contributed by atoms with E-state index in [1.807, 2.05) is 79.1 Å². The quantitative estimate of drug-likeness (QED) is 0.210. The number of amides is 1. The van der Waals surface area contributed by atoms with Crippen LogP contribution in [0.4, 0.5) is 0 Å². The monoisotopic (exact) mass is 520 g/mol. The molecule has 0 aliphatic rings. The van der Waals surface area contributed by atoms with Crippen LogP contribution in [0.25, 0.3) is 17.1 Å². The summed E-state index contributed by atoms with van der Waals surface area (Å²) >= 11 is 4.75. The summed E-state index contributed by atoms with van der Waals surface area (Å²) in [7, 11) is 0. The molecule has 0 unspecified atom stereocenters. The van der Waals surface area contributed by atoms with Crippen molar-refractivity contribution in [2.75, 3.05) is 5.75 Å². The highest BCUT2D eigenvalue weighted by Gasteiger charge is 2.17. The number of aryl methyl sites for hydroxylation is 1. The zero-order chi connectivity index (χ0) is 23.2. The summed E-state index contributed by atoms with van der Waals surface area (Å²) in [6.45, 7) is 3.89. The molecule has 0 fully saturated rings. The number of carbonyl (C=O) groups is 1. The van der Waals surface area contributed by atoms with Gasteiger partial charge in [-0.15, -0.1) is 10.2 Å². The van der Waals surface area contributed by atoms with Crippen molar-refractivity contribution in [1.29, 1.82) is 0 Å². The number of pyridine rings is 1. The van der Waals surface area contributed by atoms with Crippen LogP contribution in [0.15, 0.2) is 87.8 Å². The van der Waals surface area contributed by atoms with Gasteiger partial charge in [0.1, 0.15) is 0 Å². The first-order chi connectivity index (χ1) is 16.0. The molecule has 33 heavy (non-hydrogen) atoms. The van der Waals surface area contributed by atoms with Crippen molar-refractivity contribution in [3.63, 3.8) is 0 Å². The number of hydrazone groups is 1. The van der Waals surface area contributed by atoms with Gasteiger partial charge in [0.2, 0.25) is 0 Å². The molecule has 2 aromatic carbocycles. The summed E-state index contributed by atoms with van der Waals surface area (Å²) in [6.07, 6.45) is 3.44. The minimum absolute atomic E-state index is 0.148. The number of nitrogens with one attached hydrogen (secondary N) is 1. The molecule has 0 aliphatic carbocycles. The number of carbonyl (C=O) groups excluding carboxylic acids is 1. The van der Waals surface area contributed by atoms with Gasteiger partial charge < -0.3 is 0 Å². The number of rotatable bonds is 7. The molecule has 1 amide bonds. The standard InChI is InChI=1S/C24H21BrN6OS/c1-16-6-8-21(9-7-16)31-23(18-10-12-26-13-11-18)29-30-24(31)33-15-22(32)28-27-17(2)19-4-3-5-20(25)14-19/h3-14H,15H2,1-2H3,(H,28,32). The molecule has 2 aromatic heterocycles. The lowest BCUT2D eigenvalue weighted by Crippen LogP contribution is -2.21. The van der Waals surface area contributed by atoms with Crippen LogP contribution in [-0.2, 0) is 4.79 Å². The first kappa shape index (κ1) is 22.9. The lowest BCUT2D eigenvalue weighted by molar-refractivity contribution is -0.118. The van der Waals surface area contributed by atoms with Crippen LogP contribution >= 0.6 is 27.7 Å². The molecule has 0 saturated carbocycles. The molecule has 4 aromatic rings. The van der Waals surface area contributed by atoms with Crippen LogP contribution in [0, 0.1) is 6.92 Å². The predicted octanol–water partition coefficient (Wildman–Crippen LogP) is 5.03. The highest BCUT2D eigenvalue weighted by Crippen LogP contribution is 2.27. The van der Waals surface area contributed by atoms with E-state index >= 15 is 0 Å². The Kier molecular flexibility index (Phi) is 7.31. The Bertz CT molecular complexity index is 1290. The van der Waals surface area contributed by atoms with Gasteiger partial charge in [-0.1, -0.05) is 57.5 Å². The first-order valence-electron chi connectivity index (χ1n) is 10.2. The van der Waals surface area contributed by atoms with Crippen LogP contribution < -0.4 is 5.43 Å². The van der Waals surface area contributed by atoms with Crippen molar-refractivity contribution >= 4 is 39.3 Å². The summed E-state index contributed by atoms with van der Waals surface area (Å²) in [6, 6.07) is 19.6. The Morgan fingerprint density at radius 2 is 1.85 bits per heavy atom. The summed E-state index contributed by atoms with van der Waals surface area (Å²) in [4.78, 5) is 16.6. The molecule has 0 saturated heterocycles. The molecular weight excluding hydrogens is 500 g/mol. The van der Waals surface area contributed by atoms with Gasteiger partial charge in [0.25, 0.3) is 5.91 Å². The maximum atomic E-state index is 12.5. The number of hydrogen-bond acceptors (Lipinski definition) is 6. The van der Waals surface area contributed by atoms with Crippen LogP contribution in [0.5, 0.6) is 0 Å². The number of halogens is 1. The topological polar surface area (TPSA) is 85.1 Å². The van der Waals surface area contributed by atoms with E-state index in [0.717, 1.165) is 32.6 Å². The minimum Gasteiger partial charge on any atom is -0.272 e. The Labute approximate surface area is 204 Å². The van der Waals surface area contributed by atoms with Crippen LogP contribution in [0.3, 0.4) is 0 Å². The molecule has 0 atom stereocenters. The summed E-state index contributed by atoms with van der Waals surface area (Å²) < 4.78 is 2.90. The molecule has 0 aliphatic heterocycles. The molecule has 0 bridgehead atoms. The van der Waals surface area contributed by atoms with Crippen molar-refractivity contribution in [2.45, 2.75) is 19.0 Å². The Hall–Kier alpha value is -3.30. The van der Waals surface area contributed by atoms with Gasteiger partial charge in [0.15, 0.2) is 11.0 Å². The minimum atomic E-state index is -0.224. The van der Waals surface area contributed by atoms with E-state index in [0.29, 0.717) is 11.0 Å². The summed E-state index contributed by atoms with van der Waals surface area (Å²) in [5.74, 6) is 0.612. The molecule has 166 valence electrons. The molecule has 7 nitrogen and oxygen atoms in total. The average molecular weight is 521 g/mol. The van der Waals surface area contributed by atoms with Crippen LogP contribution in [0.2, 0.25) is 0 Å². The zero-order valence-corrected chi connectivity index (χ0v) is 20.5. The fraction of sp³-hybridized carbons (Fsp3) is 0.125. The molecule has 0 spiro atoms. The summed E-state index contributed by atoms with van der Waals surface area (Å²) in [5, 5.41) is 13.6. The second kappa shape index (κ2) is 10.5. The van der Waals surface area contributed by atoms with Crippen molar-refractivity contribution in [1.82, 2.24) is 25.2 Å². The summed E-state index contributed by atoms with van der Waals surface area (Å²) in [5.41, 5.74) is 7.24. The highest BCUT2D eigenvalue weighted by molar-refractivity contribution is 9.10. The lowest BCUT2D eigenvalue weighted by atomic mass is 10.1. The number of nitrogens with zero attached hydrogens (tertiary/aromatic N) is 5. The van der Waals surface area contributed by atoms with E-state index < -0.39 is 0 Å². The Morgan fingerprint density at radius 3 is 2.58 bits per heavy atom. The Morgan fingerprint density at radius 1 is 1.09 bits per heavy atom. The molecule has 1 N–H and O–H groups in total. The second-order valence-corrected chi connectivity index (χ2v) is 9.10. The second-order valence-electron chi connectivity index (χ2n) is 7.24. The fourth-order valence-electron chi connectivity index (χ4n) is 3.06. The van der Waals surface area contributed by atoms with Gasteiger partial charge in [-0.3, -0.25) is 14.3 Å². The van der Waals surface area contributed by atoms with E-state index in [1.54, 1.807) is 12.4 Å². The number of aromatic nitrogens is 4. The van der Waals surface area contributed by atoms with E-state index in [2.05, 4.69) is 41.6 Å². The number of thioether (sulfide) groups is 1. The predicted molar refractivity (Wildman–Crippen MR) is 135 cm³/mol. The van der Waals surface area contributed by atoms with E-state index in [9.17, 15) is 4.79 Å². The maximum absolute atomic E-state index is 12.5. The third-order valence-corrected chi connectivity index (χ3v) is 6.21. The van der Waals surface area contributed by atoms with Gasteiger partial charge in [-0.25, -0.2) is 5.43 Å². The van der Waals surface area contributed by atoms with Gasteiger partial charge in [0, 0.05) is 28.1 Å². The van der Waals surface area contributed by atoms with Crippen molar-refractivity contribution < 1.29 is 4.79 Å². The Balaban J connectivity index is 1.52. The van der Waals surface area contributed by atoms with Crippen molar-refractivity contribution in [3.8, 4) is 17.1 Å². The highest BCUT2D eigenvalue weighted by atomic mass is 79.9. The third kappa shape index (κ3) is 5.74. The lowest BCUT2D eigenvalue weighted by Gasteiger charge is -2.10. The van der Waals surface area contributed by atoms with E-state index in [4.69, 9.17) is 0 Å². The molecular formula is C24H21BrN6OS. The number of benzene rings is 2. The molecule has 4 rings (SSSR count). The van der Waals surface area contributed by atoms with Gasteiger partial charge in [-0.05, 0) is 55.8 Å². The third-order valence-electron chi connectivity index (χ3n) is 4.79. The molecule has 9 heteroatoms. The smallest absolute Gasteiger partial charge is 0.250 e. The van der Waals surface area contributed by atoms with Crippen LogP contribution in [-0.4, -0.2) is 37.1 Å². The molecule has 0 radical (unpaired) electrons. The van der Waals surface area contributed by atoms with Crippen LogP contribution in [0.1, 0.15) is 18.1 Å². The average Bonchev–Trinajstić information content (AvgIpc) is 3.26. The van der Waals surface area contributed by atoms with Crippen molar-refractivity contribution in [3.05, 3.63) is 88.7 Å². The SMILES string of the molecule is CC(=NNC(=O)CSc1nnc(-c2ccncc2)n1-c1ccc(C)cc1)c1cccc(Br)c1. The normalized spacial score (nSPS) is 11.4. The largest absolute Gasteiger partial charge is 0.272 e.